The average molecular weight is 643 g/mol. The van der Waals surface area contributed by atoms with Gasteiger partial charge in [0.25, 0.3) is 5.91 Å². The van der Waals surface area contributed by atoms with E-state index in [9.17, 15) is 27.2 Å². The number of aldehydes is 1. The van der Waals surface area contributed by atoms with Gasteiger partial charge in [-0.05, 0) is 60.5 Å². The smallest absolute Gasteiger partial charge is 0.419 e. The van der Waals surface area contributed by atoms with Gasteiger partial charge in [0.05, 0.1) is 36.3 Å². The lowest BCUT2D eigenvalue weighted by Crippen LogP contribution is -2.29. The van der Waals surface area contributed by atoms with Crippen LogP contribution in [0.1, 0.15) is 54.2 Å². The third-order valence-electron chi connectivity index (χ3n) is 6.90. The summed E-state index contributed by atoms with van der Waals surface area (Å²) < 4.78 is 63.9. The van der Waals surface area contributed by atoms with Gasteiger partial charge in [0.1, 0.15) is 5.82 Å². The number of rotatable bonds is 11. The molecule has 1 N–H and O–H groups in total. The first-order chi connectivity index (χ1) is 22.0. The number of anilines is 1. The zero-order valence-corrected chi connectivity index (χ0v) is 26.5. The highest BCUT2D eigenvalue weighted by atomic mass is 19.4. The molecule has 8 nitrogen and oxygen atoms in total. The van der Waals surface area contributed by atoms with E-state index in [0.717, 1.165) is 17.2 Å². The van der Waals surface area contributed by atoms with Gasteiger partial charge in [0.15, 0.2) is 17.8 Å². The Morgan fingerprint density at radius 2 is 1.74 bits per heavy atom. The van der Waals surface area contributed by atoms with Crippen molar-refractivity contribution in [1.82, 2.24) is 10.2 Å². The molecule has 46 heavy (non-hydrogen) atoms. The number of allylic oxidation sites excluding steroid dienone is 1. The molecule has 0 aliphatic carbocycles. The fourth-order valence-corrected chi connectivity index (χ4v) is 4.61. The van der Waals surface area contributed by atoms with Gasteiger partial charge < -0.3 is 19.7 Å². The molecule has 0 aromatic heterocycles. The first kappa shape index (κ1) is 35.6. The Hall–Kier alpha value is -4.87. The summed E-state index contributed by atoms with van der Waals surface area (Å²) in [4.78, 5) is 26.5. The summed E-state index contributed by atoms with van der Waals surface area (Å²) in [5.41, 5.74) is 1.57. The molecule has 0 saturated heterocycles. The quantitative estimate of drug-likeness (QED) is 0.138. The third kappa shape index (κ3) is 9.32. The zero-order chi connectivity index (χ0) is 33.9. The zero-order valence-electron chi connectivity index (χ0n) is 26.5. The molecular formula is C34H38F4N4O4. The van der Waals surface area contributed by atoms with Crippen molar-refractivity contribution in [3.8, 4) is 11.5 Å². The monoisotopic (exact) mass is 642 g/mol. The maximum atomic E-state index is 13.7. The lowest BCUT2D eigenvalue weighted by Gasteiger charge is -2.27. The normalized spacial score (nSPS) is 13.7. The summed E-state index contributed by atoms with van der Waals surface area (Å²) in [7, 11) is 2.99. The summed E-state index contributed by atoms with van der Waals surface area (Å²) in [5.74, 6) is -0.389. The van der Waals surface area contributed by atoms with Crippen LogP contribution in [-0.4, -0.2) is 50.1 Å². The number of nitrogens with zero attached hydrogens (tertiary/aromatic N) is 3. The molecule has 1 aliphatic rings. The number of halogens is 4. The van der Waals surface area contributed by atoms with E-state index >= 15 is 0 Å². The number of benzene rings is 3. The molecule has 0 spiro atoms. The van der Waals surface area contributed by atoms with Crippen molar-refractivity contribution in [2.24, 2.45) is 5.10 Å². The van der Waals surface area contributed by atoms with Crippen LogP contribution < -0.4 is 19.8 Å². The highest BCUT2D eigenvalue weighted by Gasteiger charge is 2.34. The molecule has 0 unspecified atom stereocenters. The number of ether oxygens (including phenoxy) is 2. The molecule has 1 aliphatic heterocycles. The van der Waals surface area contributed by atoms with Crippen LogP contribution in [0.15, 0.2) is 77.5 Å². The standard InChI is InChI=1S/C32H32F4N4O4.C2H6/c1-4-44-29-12-7-22(15-30(29)43-3)17-37-31(42)23-8-5-21(6-9-23)18-40-14-13-28(24(19-40)20-41)38-39(2)25-10-11-27(33)26(16-25)32(34,35)36;1-2/h5-12,15-16,19-20H,4,13-14,17-18H2,1-3H3,(H,37,42);1-2H3/b38-28-;. The second-order valence-corrected chi connectivity index (χ2v) is 9.95. The number of nitrogens with one attached hydrogen (secondary N) is 1. The second kappa shape index (κ2) is 16.4. The topological polar surface area (TPSA) is 83.5 Å². The molecular weight excluding hydrogens is 604 g/mol. The molecule has 0 bridgehead atoms. The van der Waals surface area contributed by atoms with Gasteiger partial charge >= 0.3 is 6.18 Å². The summed E-state index contributed by atoms with van der Waals surface area (Å²) in [5, 5.41) is 8.40. The molecule has 4 rings (SSSR count). The minimum atomic E-state index is -4.85. The fraction of sp³-hybridized carbons (Fsp3) is 0.324. The molecule has 3 aromatic rings. The van der Waals surface area contributed by atoms with E-state index in [1.165, 1.54) is 18.1 Å². The van der Waals surface area contributed by atoms with Crippen molar-refractivity contribution in [3.63, 3.8) is 0 Å². The SMILES string of the molecule is CC.CCOc1ccc(CNC(=O)c2ccc(CN3C=C(C=O)/C(=N\N(C)c4ccc(F)c(C(F)(F)F)c4)CC3)cc2)cc1OC. The van der Waals surface area contributed by atoms with Gasteiger partial charge in [-0.25, -0.2) is 4.39 Å². The fourth-order valence-electron chi connectivity index (χ4n) is 4.61. The van der Waals surface area contributed by atoms with Crippen molar-refractivity contribution in [2.45, 2.75) is 46.5 Å². The minimum absolute atomic E-state index is 0.0298. The number of carbonyl (C=O) groups is 2. The molecule has 0 saturated carbocycles. The maximum Gasteiger partial charge on any atom is 0.419 e. The van der Waals surface area contributed by atoms with Crippen LogP contribution in [0.2, 0.25) is 0 Å². The van der Waals surface area contributed by atoms with E-state index in [1.807, 2.05) is 49.9 Å². The van der Waals surface area contributed by atoms with Crippen LogP contribution in [-0.2, 0) is 24.1 Å². The molecule has 3 aromatic carbocycles. The summed E-state index contributed by atoms with van der Waals surface area (Å²) in [6, 6.07) is 15.2. The highest BCUT2D eigenvalue weighted by Crippen LogP contribution is 2.34. The van der Waals surface area contributed by atoms with Crippen LogP contribution in [0, 0.1) is 5.82 Å². The van der Waals surface area contributed by atoms with Crippen LogP contribution in [0.3, 0.4) is 0 Å². The first-order valence-electron chi connectivity index (χ1n) is 14.8. The van der Waals surface area contributed by atoms with Gasteiger partial charge in [0.2, 0.25) is 0 Å². The van der Waals surface area contributed by atoms with Crippen molar-refractivity contribution in [3.05, 3.63) is 101 Å². The first-order valence-corrected chi connectivity index (χ1v) is 14.8. The number of hydrogen-bond donors (Lipinski definition) is 1. The van der Waals surface area contributed by atoms with Crippen molar-refractivity contribution < 1.29 is 36.6 Å². The molecule has 246 valence electrons. The lowest BCUT2D eigenvalue weighted by molar-refractivity contribution is -0.139. The van der Waals surface area contributed by atoms with E-state index in [1.54, 1.807) is 31.5 Å². The lowest BCUT2D eigenvalue weighted by atomic mass is 10.0. The number of hydrazone groups is 1. The number of amides is 1. The number of carbonyl (C=O) groups excluding carboxylic acids is 2. The largest absolute Gasteiger partial charge is 0.493 e. The predicted molar refractivity (Wildman–Crippen MR) is 170 cm³/mol. The van der Waals surface area contributed by atoms with E-state index in [4.69, 9.17) is 9.47 Å². The number of alkyl halides is 3. The predicted octanol–water partition coefficient (Wildman–Crippen LogP) is 6.99. The third-order valence-corrected chi connectivity index (χ3v) is 6.90. The van der Waals surface area contributed by atoms with E-state index in [0.29, 0.717) is 67.8 Å². The summed E-state index contributed by atoms with van der Waals surface area (Å²) >= 11 is 0. The Bertz CT molecular complexity index is 1560. The van der Waals surface area contributed by atoms with Crippen molar-refractivity contribution >= 4 is 23.6 Å². The Kier molecular flexibility index (Phi) is 12.7. The highest BCUT2D eigenvalue weighted by molar-refractivity contribution is 6.15. The van der Waals surface area contributed by atoms with Gasteiger partial charge in [-0.1, -0.05) is 32.0 Å². The van der Waals surface area contributed by atoms with Gasteiger partial charge in [-0.2, -0.15) is 18.3 Å². The minimum Gasteiger partial charge on any atom is -0.493 e. The van der Waals surface area contributed by atoms with Crippen LogP contribution in [0.4, 0.5) is 23.2 Å². The van der Waals surface area contributed by atoms with E-state index in [2.05, 4.69) is 10.4 Å². The van der Waals surface area contributed by atoms with Crippen LogP contribution in [0.25, 0.3) is 0 Å². The molecule has 0 fully saturated rings. The average Bonchev–Trinajstić information content (AvgIpc) is 3.05. The second-order valence-electron chi connectivity index (χ2n) is 9.95. The van der Waals surface area contributed by atoms with Gasteiger partial charge in [-0.3, -0.25) is 14.6 Å². The van der Waals surface area contributed by atoms with E-state index in [-0.39, 0.29) is 17.2 Å². The van der Waals surface area contributed by atoms with Gasteiger partial charge in [-0.15, -0.1) is 0 Å². The van der Waals surface area contributed by atoms with Crippen LogP contribution in [0.5, 0.6) is 11.5 Å². The van der Waals surface area contributed by atoms with Gasteiger partial charge in [0, 0.05) is 44.9 Å². The van der Waals surface area contributed by atoms with Crippen molar-refractivity contribution in [2.75, 3.05) is 32.3 Å². The Morgan fingerprint density at radius 1 is 1.04 bits per heavy atom. The maximum absolute atomic E-state index is 13.7. The van der Waals surface area contributed by atoms with Crippen molar-refractivity contribution in [1.29, 1.82) is 0 Å². The molecule has 1 amide bonds. The van der Waals surface area contributed by atoms with Crippen LogP contribution >= 0.6 is 0 Å². The molecule has 0 radical (unpaired) electrons. The Morgan fingerprint density at radius 3 is 2.37 bits per heavy atom. The summed E-state index contributed by atoms with van der Waals surface area (Å²) in [6.45, 7) is 7.66. The molecule has 0 atom stereocenters. The number of hydrogen-bond acceptors (Lipinski definition) is 7. The number of methoxy groups -OCH3 is 1. The molecule has 12 heteroatoms. The Labute approximate surface area is 266 Å². The summed E-state index contributed by atoms with van der Waals surface area (Å²) in [6.07, 6.45) is -2.21. The van der Waals surface area contributed by atoms with E-state index < -0.39 is 17.6 Å². The molecule has 1 heterocycles. The Balaban J connectivity index is 0.00000282.